The van der Waals surface area contributed by atoms with Crippen molar-refractivity contribution in [3.05, 3.63) is 29.6 Å². The lowest BCUT2D eigenvalue weighted by atomic mass is 10.0. The summed E-state index contributed by atoms with van der Waals surface area (Å²) in [4.78, 5) is 21.2. The lowest BCUT2D eigenvalue weighted by Crippen LogP contribution is -2.59. The van der Waals surface area contributed by atoms with Gasteiger partial charge in [0.15, 0.2) is 0 Å². The first-order valence-electron chi connectivity index (χ1n) is 7.09. The number of aromatic nitrogens is 1. The highest BCUT2D eigenvalue weighted by molar-refractivity contribution is 7.80. The zero-order valence-electron chi connectivity index (χ0n) is 12.8. The van der Waals surface area contributed by atoms with Crippen LogP contribution in [-0.4, -0.2) is 57.4 Å². The summed E-state index contributed by atoms with van der Waals surface area (Å²) in [7, 11) is 0. The molecule has 1 amide bonds. The number of thiocarbonyl (C=S) groups is 1. The first kappa shape index (κ1) is 15.9. The molecule has 0 spiro atoms. The van der Waals surface area contributed by atoms with Gasteiger partial charge in [0.05, 0.1) is 10.5 Å². The number of amides is 1. The van der Waals surface area contributed by atoms with Crippen molar-refractivity contribution < 1.29 is 4.79 Å². The van der Waals surface area contributed by atoms with E-state index in [4.69, 9.17) is 18.0 Å². The zero-order chi connectivity index (χ0) is 15.6. The summed E-state index contributed by atoms with van der Waals surface area (Å²) in [5.74, 6) is 0.0632. The number of nitrogens with two attached hydrogens (primary N) is 1. The Kier molecular flexibility index (Phi) is 4.58. The van der Waals surface area contributed by atoms with Crippen molar-refractivity contribution in [3.63, 3.8) is 0 Å². The van der Waals surface area contributed by atoms with Crippen LogP contribution in [0.3, 0.4) is 0 Å². The molecule has 1 aromatic heterocycles. The van der Waals surface area contributed by atoms with Crippen LogP contribution in [0.5, 0.6) is 0 Å². The molecule has 114 valence electrons. The van der Waals surface area contributed by atoms with Gasteiger partial charge in [-0.05, 0) is 32.9 Å². The maximum Gasteiger partial charge on any atom is 0.254 e. The molecule has 6 heteroatoms. The summed E-state index contributed by atoms with van der Waals surface area (Å²) in [6.45, 7) is 8.87. The van der Waals surface area contributed by atoms with Crippen molar-refractivity contribution in [1.29, 1.82) is 0 Å². The van der Waals surface area contributed by atoms with E-state index < -0.39 is 0 Å². The lowest BCUT2D eigenvalue weighted by molar-refractivity contribution is 0.0539. The Balaban J connectivity index is 2.01. The van der Waals surface area contributed by atoms with Gasteiger partial charge in [-0.15, -0.1) is 0 Å². The third-order valence-electron chi connectivity index (χ3n) is 4.10. The van der Waals surface area contributed by atoms with E-state index in [2.05, 4.69) is 9.88 Å². The third kappa shape index (κ3) is 3.39. The van der Waals surface area contributed by atoms with Gasteiger partial charge in [0.2, 0.25) is 0 Å². The molecular weight excluding hydrogens is 284 g/mol. The average molecular weight is 306 g/mol. The molecule has 1 saturated heterocycles. The standard InChI is InChI=1S/C15H22N4OS/c1-11-10-12(4-5-17-11)13(20)18-6-8-19(9-7-18)15(2,3)14(16)21/h4-5,10H,6-9H2,1-3H3,(H2,16,21). The predicted molar refractivity (Wildman–Crippen MR) is 87.3 cm³/mol. The highest BCUT2D eigenvalue weighted by atomic mass is 32.1. The topological polar surface area (TPSA) is 62.5 Å². The molecule has 1 aliphatic heterocycles. The van der Waals surface area contributed by atoms with E-state index in [1.807, 2.05) is 31.7 Å². The van der Waals surface area contributed by atoms with E-state index in [1.165, 1.54) is 0 Å². The molecule has 0 aliphatic carbocycles. The summed E-state index contributed by atoms with van der Waals surface area (Å²) in [5.41, 5.74) is 7.05. The molecule has 0 saturated carbocycles. The van der Waals surface area contributed by atoms with E-state index in [-0.39, 0.29) is 11.4 Å². The van der Waals surface area contributed by atoms with Gasteiger partial charge in [0.25, 0.3) is 5.91 Å². The normalized spacial score (nSPS) is 16.8. The van der Waals surface area contributed by atoms with Crippen LogP contribution in [-0.2, 0) is 0 Å². The van der Waals surface area contributed by atoms with Gasteiger partial charge in [-0.2, -0.15) is 0 Å². The number of nitrogens with zero attached hydrogens (tertiary/aromatic N) is 3. The van der Waals surface area contributed by atoms with Gasteiger partial charge >= 0.3 is 0 Å². The van der Waals surface area contributed by atoms with Crippen molar-refractivity contribution in [1.82, 2.24) is 14.8 Å². The second-order valence-corrected chi connectivity index (χ2v) is 6.33. The SMILES string of the molecule is Cc1cc(C(=O)N2CCN(C(C)(C)C(N)=S)CC2)ccn1. The number of carbonyl (C=O) groups excluding carboxylic acids is 1. The number of rotatable bonds is 3. The molecule has 0 unspecified atom stereocenters. The molecule has 0 radical (unpaired) electrons. The molecule has 1 fully saturated rings. The minimum absolute atomic E-state index is 0.0632. The summed E-state index contributed by atoms with van der Waals surface area (Å²) in [6, 6.07) is 3.59. The van der Waals surface area contributed by atoms with Crippen molar-refractivity contribution in [3.8, 4) is 0 Å². The van der Waals surface area contributed by atoms with Crippen LogP contribution in [0.25, 0.3) is 0 Å². The molecular formula is C15H22N4OS. The summed E-state index contributed by atoms with van der Waals surface area (Å²) in [5, 5.41) is 0. The van der Waals surface area contributed by atoms with Crippen LogP contribution in [0.4, 0.5) is 0 Å². The Morgan fingerprint density at radius 3 is 2.48 bits per heavy atom. The van der Waals surface area contributed by atoms with Crippen molar-refractivity contribution in [2.75, 3.05) is 26.2 Å². The lowest BCUT2D eigenvalue weighted by Gasteiger charge is -2.43. The van der Waals surface area contributed by atoms with Crippen molar-refractivity contribution >= 4 is 23.1 Å². The number of hydrogen-bond donors (Lipinski definition) is 1. The fraction of sp³-hybridized carbons (Fsp3) is 0.533. The minimum atomic E-state index is -0.308. The molecule has 0 atom stereocenters. The van der Waals surface area contributed by atoms with Gasteiger partial charge in [0.1, 0.15) is 0 Å². The maximum atomic E-state index is 12.5. The summed E-state index contributed by atoms with van der Waals surface area (Å²) < 4.78 is 0. The molecule has 2 N–H and O–H groups in total. The highest BCUT2D eigenvalue weighted by Crippen LogP contribution is 2.18. The van der Waals surface area contributed by atoms with E-state index >= 15 is 0 Å². The minimum Gasteiger partial charge on any atom is -0.392 e. The quantitative estimate of drug-likeness (QED) is 0.851. The second kappa shape index (κ2) is 6.07. The Hall–Kier alpha value is -1.53. The Bertz CT molecular complexity index is 550. The van der Waals surface area contributed by atoms with Crippen LogP contribution in [0.15, 0.2) is 18.3 Å². The number of hydrogen-bond acceptors (Lipinski definition) is 4. The molecule has 0 aromatic carbocycles. The van der Waals surface area contributed by atoms with E-state index in [9.17, 15) is 4.79 Å². The Morgan fingerprint density at radius 1 is 1.33 bits per heavy atom. The number of piperazine rings is 1. The van der Waals surface area contributed by atoms with Crippen molar-refractivity contribution in [2.24, 2.45) is 5.73 Å². The summed E-state index contributed by atoms with van der Waals surface area (Å²) in [6.07, 6.45) is 1.68. The number of pyridine rings is 1. The average Bonchev–Trinajstić information content (AvgIpc) is 2.46. The largest absolute Gasteiger partial charge is 0.392 e. The first-order valence-corrected chi connectivity index (χ1v) is 7.50. The zero-order valence-corrected chi connectivity index (χ0v) is 13.6. The molecule has 21 heavy (non-hydrogen) atoms. The maximum absolute atomic E-state index is 12.5. The van der Waals surface area contributed by atoms with E-state index in [0.29, 0.717) is 23.6 Å². The van der Waals surface area contributed by atoms with Crippen LogP contribution in [0.1, 0.15) is 29.9 Å². The number of carbonyl (C=O) groups is 1. The molecule has 5 nitrogen and oxygen atoms in total. The van der Waals surface area contributed by atoms with Gasteiger partial charge in [-0.3, -0.25) is 14.7 Å². The van der Waals surface area contributed by atoms with Crippen LogP contribution >= 0.6 is 12.2 Å². The molecule has 2 heterocycles. The molecule has 2 rings (SSSR count). The fourth-order valence-electron chi connectivity index (χ4n) is 2.49. The van der Waals surface area contributed by atoms with Gasteiger partial charge in [-0.1, -0.05) is 12.2 Å². The molecule has 0 bridgehead atoms. The highest BCUT2D eigenvalue weighted by Gasteiger charge is 2.33. The first-order chi connectivity index (χ1) is 9.82. The second-order valence-electron chi connectivity index (χ2n) is 5.89. The fourth-order valence-corrected chi connectivity index (χ4v) is 2.61. The monoisotopic (exact) mass is 306 g/mol. The van der Waals surface area contributed by atoms with E-state index in [1.54, 1.807) is 12.3 Å². The van der Waals surface area contributed by atoms with Gasteiger partial charge in [-0.25, -0.2) is 0 Å². The smallest absolute Gasteiger partial charge is 0.254 e. The van der Waals surface area contributed by atoms with Gasteiger partial charge in [0, 0.05) is 43.6 Å². The Morgan fingerprint density at radius 2 is 1.95 bits per heavy atom. The van der Waals surface area contributed by atoms with Crippen molar-refractivity contribution in [2.45, 2.75) is 26.3 Å². The summed E-state index contributed by atoms with van der Waals surface area (Å²) >= 11 is 5.13. The molecule has 1 aromatic rings. The number of aryl methyl sites for hydroxylation is 1. The van der Waals surface area contributed by atoms with E-state index in [0.717, 1.165) is 18.8 Å². The van der Waals surface area contributed by atoms with Crippen LogP contribution < -0.4 is 5.73 Å². The van der Waals surface area contributed by atoms with Gasteiger partial charge < -0.3 is 10.6 Å². The predicted octanol–water partition coefficient (Wildman–Crippen LogP) is 1.21. The Labute approximate surface area is 131 Å². The third-order valence-corrected chi connectivity index (χ3v) is 4.60. The molecule has 1 aliphatic rings. The van der Waals surface area contributed by atoms with Crippen LogP contribution in [0, 0.1) is 6.92 Å². The van der Waals surface area contributed by atoms with Crippen LogP contribution in [0.2, 0.25) is 0 Å².